The first kappa shape index (κ1) is 27.4. The summed E-state index contributed by atoms with van der Waals surface area (Å²) in [5, 5.41) is 0. The third-order valence-corrected chi connectivity index (χ3v) is 9.59. The topological polar surface area (TPSA) is 36.9 Å². The Morgan fingerprint density at radius 2 is 0.946 bits per heavy atom. The van der Waals surface area contributed by atoms with Gasteiger partial charge in [0.05, 0.1) is 0 Å². The van der Waals surface area contributed by atoms with Crippen LogP contribution in [0, 0.1) is 0 Å². The molecule has 0 radical (unpaired) electrons. The van der Waals surface area contributed by atoms with Gasteiger partial charge in [0.15, 0.2) is 0 Å². The van der Waals surface area contributed by atoms with E-state index < -0.39 is 19.2 Å². The molecule has 7 heteroatoms. The second-order valence-electron chi connectivity index (χ2n) is 8.82. The molecule has 6 rings (SSSR count). The minimum Gasteiger partial charge on any atom is -1.00 e. The van der Waals surface area contributed by atoms with E-state index in [9.17, 15) is 0 Å². The van der Waals surface area contributed by atoms with Crippen molar-refractivity contribution in [2.75, 3.05) is 28.4 Å². The van der Waals surface area contributed by atoms with Crippen molar-refractivity contribution < 1.29 is 62.9 Å². The number of halogens is 2. The zero-order valence-electron chi connectivity index (χ0n) is 21.1. The van der Waals surface area contributed by atoms with Crippen LogP contribution in [0.5, 0.6) is 23.0 Å². The zero-order chi connectivity index (χ0) is 24.1. The molecule has 0 unspecified atom stereocenters. The number of ether oxygens (including phenoxy) is 4. The molecule has 0 bridgehead atoms. The maximum Gasteiger partial charge on any atom is -1.00 e. The Labute approximate surface area is 239 Å². The average Bonchev–Trinajstić information content (AvgIpc) is 3.46. The SMILES string of the molecule is COc1cc2c([c]([Ti+2][c]3c4c(cc(OC)c3OC)-c3ccccc3C4)c1OC)Cc1ccccc1-2.[Cl-].[Cl-]. The number of hydrogen-bond donors (Lipinski definition) is 0. The first-order valence-corrected chi connectivity index (χ1v) is 13.2. The summed E-state index contributed by atoms with van der Waals surface area (Å²) in [4.78, 5) is 0. The van der Waals surface area contributed by atoms with Crippen LogP contribution in [0.4, 0.5) is 0 Å². The van der Waals surface area contributed by atoms with E-state index in [1.165, 1.54) is 52.2 Å². The molecule has 0 fully saturated rings. The Morgan fingerprint density at radius 1 is 0.541 bits per heavy atom. The van der Waals surface area contributed by atoms with Crippen LogP contribution in [0.2, 0.25) is 0 Å². The van der Waals surface area contributed by atoms with Gasteiger partial charge < -0.3 is 24.8 Å². The Morgan fingerprint density at radius 3 is 1.32 bits per heavy atom. The van der Waals surface area contributed by atoms with Gasteiger partial charge in [0, 0.05) is 0 Å². The number of benzene rings is 4. The predicted molar refractivity (Wildman–Crippen MR) is 135 cm³/mol. The first-order valence-electron chi connectivity index (χ1n) is 11.7. The largest absolute Gasteiger partial charge is 1.00 e. The summed E-state index contributed by atoms with van der Waals surface area (Å²) < 4.78 is 26.2. The van der Waals surface area contributed by atoms with Gasteiger partial charge in [-0.2, -0.15) is 0 Å². The Hall–Kier alpha value is -2.63. The summed E-state index contributed by atoms with van der Waals surface area (Å²) >= 11 is -0.886. The minimum absolute atomic E-state index is 0. The van der Waals surface area contributed by atoms with Crippen molar-refractivity contribution in [1.82, 2.24) is 0 Å². The third-order valence-electron chi connectivity index (χ3n) is 7.15. The van der Waals surface area contributed by atoms with Gasteiger partial charge in [-0.3, -0.25) is 0 Å². The second kappa shape index (κ2) is 11.0. The molecule has 0 aromatic heterocycles. The summed E-state index contributed by atoms with van der Waals surface area (Å²) in [6, 6.07) is 21.6. The normalized spacial score (nSPS) is 11.6. The minimum atomic E-state index is -0.886. The van der Waals surface area contributed by atoms with Crippen LogP contribution in [0.3, 0.4) is 0 Å². The molecule has 2 aliphatic carbocycles. The van der Waals surface area contributed by atoms with Crippen molar-refractivity contribution in [3.8, 4) is 45.3 Å². The van der Waals surface area contributed by atoms with E-state index >= 15 is 0 Å². The van der Waals surface area contributed by atoms with E-state index in [-0.39, 0.29) is 24.8 Å². The summed E-state index contributed by atoms with van der Waals surface area (Å²) in [5.41, 5.74) is 10.5. The first-order chi connectivity index (χ1) is 17.2. The maximum absolute atomic E-state index is 6.01. The molecule has 0 heterocycles. The molecule has 0 spiro atoms. The monoisotopic (exact) mass is 568 g/mol. The second-order valence-corrected chi connectivity index (χ2v) is 10.8. The van der Waals surface area contributed by atoms with Gasteiger partial charge >= 0.3 is 215 Å². The van der Waals surface area contributed by atoms with Crippen molar-refractivity contribution in [2.24, 2.45) is 0 Å². The van der Waals surface area contributed by atoms with Crippen molar-refractivity contribution in [3.05, 3.63) is 82.9 Å². The van der Waals surface area contributed by atoms with Crippen LogP contribution in [-0.4, -0.2) is 28.4 Å². The molecule has 0 saturated heterocycles. The predicted octanol–water partition coefficient (Wildman–Crippen LogP) is -1.10. The smallest absolute Gasteiger partial charge is 1.00 e. The average molecular weight is 569 g/mol. The molecule has 0 N–H and O–H groups in total. The Kier molecular flexibility index (Phi) is 8.15. The van der Waals surface area contributed by atoms with Gasteiger partial charge in [0.1, 0.15) is 0 Å². The summed E-state index contributed by atoms with van der Waals surface area (Å²) in [6.07, 6.45) is 1.80. The van der Waals surface area contributed by atoms with Crippen LogP contribution in [0.25, 0.3) is 22.3 Å². The molecular formula is C30H26Cl2O4Ti. The molecule has 0 saturated carbocycles. The van der Waals surface area contributed by atoms with Gasteiger partial charge in [-0.1, -0.05) is 0 Å². The fourth-order valence-electron chi connectivity index (χ4n) is 5.56. The van der Waals surface area contributed by atoms with E-state index in [1.54, 1.807) is 28.4 Å². The molecule has 188 valence electrons. The third kappa shape index (κ3) is 4.30. The molecule has 0 amide bonds. The Balaban J connectivity index is 0.00000160. The van der Waals surface area contributed by atoms with Crippen LogP contribution in [0.1, 0.15) is 22.3 Å². The van der Waals surface area contributed by atoms with Gasteiger partial charge in [0.2, 0.25) is 0 Å². The van der Waals surface area contributed by atoms with Crippen LogP contribution < -0.4 is 51.5 Å². The van der Waals surface area contributed by atoms with Crippen LogP contribution in [0.15, 0.2) is 60.7 Å². The van der Waals surface area contributed by atoms with Gasteiger partial charge in [-0.15, -0.1) is 0 Å². The van der Waals surface area contributed by atoms with Crippen molar-refractivity contribution >= 4 is 7.74 Å². The van der Waals surface area contributed by atoms with E-state index in [2.05, 4.69) is 60.7 Å². The Bertz CT molecular complexity index is 1370. The molecule has 37 heavy (non-hydrogen) atoms. The molecule has 4 aromatic rings. The summed E-state index contributed by atoms with van der Waals surface area (Å²) in [6.45, 7) is 0. The summed E-state index contributed by atoms with van der Waals surface area (Å²) in [5.74, 6) is 3.24. The van der Waals surface area contributed by atoms with Crippen molar-refractivity contribution in [1.29, 1.82) is 0 Å². The molecule has 0 atom stereocenters. The van der Waals surface area contributed by atoms with Crippen molar-refractivity contribution in [2.45, 2.75) is 12.8 Å². The van der Waals surface area contributed by atoms with E-state index in [4.69, 9.17) is 18.9 Å². The number of rotatable bonds is 6. The van der Waals surface area contributed by atoms with E-state index in [1.807, 2.05) is 0 Å². The quantitative estimate of drug-likeness (QED) is 0.239. The number of hydrogen-bond acceptors (Lipinski definition) is 4. The molecule has 4 nitrogen and oxygen atoms in total. The molecule has 4 aromatic carbocycles. The zero-order valence-corrected chi connectivity index (χ0v) is 24.2. The molecule has 0 aliphatic heterocycles. The fourth-order valence-corrected chi connectivity index (χ4v) is 8.17. The standard InChI is InChI=1S/2C15H13O2.2ClH.Ti/c2*1-16-14-8-11-7-10-5-3-4-6-12(10)13(11)9-15(14)17-2;;;/h2*3-6,9H,7H2,1-2H3;2*1H;/q;;;;+2/p-2. The molecule has 2 aliphatic rings. The van der Waals surface area contributed by atoms with Crippen LogP contribution in [-0.2, 0) is 32.0 Å². The van der Waals surface area contributed by atoms with Crippen LogP contribution >= 0.6 is 0 Å². The van der Waals surface area contributed by atoms with Crippen molar-refractivity contribution in [3.63, 3.8) is 0 Å². The van der Waals surface area contributed by atoms with E-state index in [0.29, 0.717) is 0 Å². The molecular weight excluding hydrogens is 543 g/mol. The summed E-state index contributed by atoms with van der Waals surface area (Å²) in [7, 11) is 6.92. The van der Waals surface area contributed by atoms with Gasteiger partial charge in [0.25, 0.3) is 0 Å². The van der Waals surface area contributed by atoms with Gasteiger partial charge in [-0.05, 0) is 0 Å². The van der Waals surface area contributed by atoms with Gasteiger partial charge in [-0.25, -0.2) is 0 Å². The van der Waals surface area contributed by atoms with E-state index in [0.717, 1.165) is 35.8 Å². The maximum atomic E-state index is 6.01. The number of fused-ring (bicyclic) bond motifs is 6. The fraction of sp³-hybridized carbons (Fsp3) is 0.200. The number of methoxy groups -OCH3 is 4.